The van der Waals surface area contributed by atoms with Gasteiger partial charge in [-0.05, 0) is 38.5 Å². The number of nitrogens with two attached hydrogens (primary N) is 1. The van der Waals surface area contributed by atoms with Gasteiger partial charge in [0.2, 0.25) is 5.76 Å². The van der Waals surface area contributed by atoms with E-state index in [0.717, 1.165) is 21.8 Å². The molecule has 0 unspecified atom stereocenters. The van der Waals surface area contributed by atoms with Crippen molar-refractivity contribution in [1.29, 1.82) is 0 Å². The highest BCUT2D eigenvalue weighted by Gasteiger charge is 2.22. The first-order valence-electron chi connectivity index (χ1n) is 7.80. The van der Waals surface area contributed by atoms with Crippen LogP contribution in [0.1, 0.15) is 43.3 Å². The molecule has 2 aromatic rings. The summed E-state index contributed by atoms with van der Waals surface area (Å²) in [6, 6.07) is 5.81. The van der Waals surface area contributed by atoms with Gasteiger partial charge in [-0.15, -0.1) is 0 Å². The summed E-state index contributed by atoms with van der Waals surface area (Å²) in [7, 11) is 0. The molecule has 1 aromatic heterocycles. The lowest BCUT2D eigenvalue weighted by molar-refractivity contribution is 0.0491. The SMILES string of the molecule is CCOC(=O)c1oc2ccc(Br)cc2c1CSC(N)=N[C@@H](C)CC. The van der Waals surface area contributed by atoms with Crippen LogP contribution in [0.5, 0.6) is 0 Å². The van der Waals surface area contributed by atoms with Crippen molar-refractivity contribution in [1.82, 2.24) is 0 Å². The Morgan fingerprint density at radius 3 is 2.88 bits per heavy atom. The number of hydrogen-bond donors (Lipinski definition) is 1. The van der Waals surface area contributed by atoms with E-state index in [1.165, 1.54) is 11.8 Å². The first-order valence-corrected chi connectivity index (χ1v) is 9.58. The normalized spacial score (nSPS) is 13.2. The van der Waals surface area contributed by atoms with E-state index < -0.39 is 5.97 Å². The third-order valence-corrected chi connectivity index (χ3v) is 4.84. The summed E-state index contributed by atoms with van der Waals surface area (Å²) < 4.78 is 11.7. The van der Waals surface area contributed by atoms with Gasteiger partial charge in [0, 0.05) is 27.2 Å². The predicted octanol–water partition coefficient (Wildman–Crippen LogP) is 4.72. The van der Waals surface area contributed by atoms with E-state index in [9.17, 15) is 4.79 Å². The highest BCUT2D eigenvalue weighted by molar-refractivity contribution is 9.10. The molecule has 1 aromatic carbocycles. The molecule has 24 heavy (non-hydrogen) atoms. The van der Waals surface area contributed by atoms with Crippen LogP contribution in [0.15, 0.2) is 32.1 Å². The van der Waals surface area contributed by atoms with Crippen molar-refractivity contribution in [2.45, 2.75) is 39.0 Å². The molecule has 0 bridgehead atoms. The van der Waals surface area contributed by atoms with E-state index in [0.29, 0.717) is 23.1 Å². The highest BCUT2D eigenvalue weighted by Crippen LogP contribution is 2.32. The van der Waals surface area contributed by atoms with E-state index in [2.05, 4.69) is 27.8 Å². The molecule has 130 valence electrons. The zero-order valence-corrected chi connectivity index (χ0v) is 16.4. The maximum atomic E-state index is 12.2. The lowest BCUT2D eigenvalue weighted by Gasteiger charge is -2.06. The van der Waals surface area contributed by atoms with Crippen LogP contribution in [0.2, 0.25) is 0 Å². The largest absolute Gasteiger partial charge is 0.460 e. The maximum absolute atomic E-state index is 12.2. The van der Waals surface area contributed by atoms with Gasteiger partial charge in [-0.25, -0.2) is 4.79 Å². The Morgan fingerprint density at radius 1 is 1.46 bits per heavy atom. The fraction of sp³-hybridized carbons (Fsp3) is 0.412. The number of amidine groups is 1. The fourth-order valence-electron chi connectivity index (χ4n) is 2.12. The van der Waals surface area contributed by atoms with Crippen LogP contribution in [0, 0.1) is 0 Å². The molecule has 0 aliphatic heterocycles. The number of ether oxygens (including phenoxy) is 1. The molecule has 2 rings (SSSR count). The Labute approximate surface area is 154 Å². The molecule has 0 spiro atoms. The lowest BCUT2D eigenvalue weighted by Crippen LogP contribution is -2.12. The summed E-state index contributed by atoms with van der Waals surface area (Å²) in [5.41, 5.74) is 7.41. The van der Waals surface area contributed by atoms with Crippen LogP contribution in [0.4, 0.5) is 0 Å². The molecule has 0 saturated carbocycles. The molecule has 0 aliphatic carbocycles. The number of hydrogen-bond acceptors (Lipinski definition) is 5. The minimum absolute atomic E-state index is 0.178. The average molecular weight is 413 g/mol. The molecule has 2 N–H and O–H groups in total. The average Bonchev–Trinajstić information content (AvgIpc) is 2.91. The number of furan rings is 1. The number of benzene rings is 1. The van der Waals surface area contributed by atoms with Crippen LogP contribution < -0.4 is 5.73 Å². The first kappa shape index (κ1) is 18.9. The number of halogens is 1. The first-order chi connectivity index (χ1) is 11.5. The van der Waals surface area contributed by atoms with E-state index in [1.807, 2.05) is 25.1 Å². The fourth-order valence-corrected chi connectivity index (χ4v) is 3.31. The van der Waals surface area contributed by atoms with Crippen molar-refractivity contribution in [3.05, 3.63) is 34.0 Å². The van der Waals surface area contributed by atoms with Gasteiger partial charge in [0.15, 0.2) is 5.17 Å². The number of fused-ring (bicyclic) bond motifs is 1. The standard InChI is InChI=1S/C17H21BrN2O3S/c1-4-10(3)20-17(19)24-9-13-12-8-11(18)6-7-14(12)23-15(13)16(21)22-5-2/h6-8,10H,4-5,9H2,1-3H3,(H2,19,20)/t10-/m0/s1. The number of thioether (sulfide) groups is 1. The second-order valence-electron chi connectivity index (χ2n) is 5.28. The lowest BCUT2D eigenvalue weighted by atomic mass is 10.1. The molecule has 0 radical (unpaired) electrons. The molecule has 0 saturated heterocycles. The van der Waals surface area contributed by atoms with Crippen molar-refractivity contribution in [3.8, 4) is 0 Å². The van der Waals surface area contributed by atoms with Crippen molar-refractivity contribution in [3.63, 3.8) is 0 Å². The molecule has 0 amide bonds. The Hall–Kier alpha value is -1.47. The van der Waals surface area contributed by atoms with Crippen LogP contribution in [-0.4, -0.2) is 23.8 Å². The summed E-state index contributed by atoms with van der Waals surface area (Å²) in [4.78, 5) is 16.6. The van der Waals surface area contributed by atoms with Crippen LogP contribution in [0.3, 0.4) is 0 Å². The Morgan fingerprint density at radius 2 is 2.21 bits per heavy atom. The van der Waals surface area contributed by atoms with E-state index >= 15 is 0 Å². The second kappa shape index (κ2) is 8.58. The van der Waals surface area contributed by atoms with Gasteiger partial charge in [-0.2, -0.15) is 0 Å². The van der Waals surface area contributed by atoms with Crippen molar-refractivity contribution < 1.29 is 13.9 Å². The van der Waals surface area contributed by atoms with Crippen LogP contribution >= 0.6 is 27.7 Å². The topological polar surface area (TPSA) is 77.8 Å². The smallest absolute Gasteiger partial charge is 0.374 e. The zero-order valence-electron chi connectivity index (χ0n) is 14.0. The van der Waals surface area contributed by atoms with E-state index in [-0.39, 0.29) is 11.8 Å². The van der Waals surface area contributed by atoms with Gasteiger partial charge in [-0.3, -0.25) is 4.99 Å². The molecule has 0 fully saturated rings. The molecule has 5 nitrogen and oxygen atoms in total. The Balaban J connectivity index is 2.35. The minimum Gasteiger partial charge on any atom is -0.460 e. The minimum atomic E-state index is -0.460. The summed E-state index contributed by atoms with van der Waals surface area (Å²) in [5, 5.41) is 1.37. The maximum Gasteiger partial charge on any atom is 0.374 e. The number of carbonyl (C=O) groups is 1. The quantitative estimate of drug-likeness (QED) is 0.421. The number of nitrogens with zero attached hydrogens (tertiary/aromatic N) is 1. The van der Waals surface area contributed by atoms with E-state index in [1.54, 1.807) is 6.92 Å². The summed E-state index contributed by atoms with van der Waals surface area (Å²) >= 11 is 4.85. The number of carbonyl (C=O) groups excluding carboxylic acids is 1. The van der Waals surface area contributed by atoms with Gasteiger partial charge in [0.1, 0.15) is 5.58 Å². The van der Waals surface area contributed by atoms with Gasteiger partial charge in [0.25, 0.3) is 0 Å². The van der Waals surface area contributed by atoms with Gasteiger partial charge < -0.3 is 14.9 Å². The zero-order chi connectivity index (χ0) is 17.7. The Kier molecular flexibility index (Phi) is 6.74. The number of rotatable bonds is 6. The summed E-state index contributed by atoms with van der Waals surface area (Å²) in [6.07, 6.45) is 0.928. The van der Waals surface area contributed by atoms with Crippen molar-refractivity contribution >= 4 is 49.8 Å². The van der Waals surface area contributed by atoms with Gasteiger partial charge in [0.05, 0.1) is 6.61 Å². The molecular formula is C17H21BrN2O3S. The van der Waals surface area contributed by atoms with Crippen LogP contribution in [-0.2, 0) is 10.5 Å². The van der Waals surface area contributed by atoms with E-state index in [4.69, 9.17) is 14.9 Å². The third-order valence-electron chi connectivity index (χ3n) is 3.52. The molecule has 1 heterocycles. The van der Waals surface area contributed by atoms with Crippen LogP contribution in [0.25, 0.3) is 11.0 Å². The Bertz CT molecular complexity index is 758. The molecular weight excluding hydrogens is 392 g/mol. The van der Waals surface area contributed by atoms with Crippen molar-refractivity contribution in [2.75, 3.05) is 6.61 Å². The van der Waals surface area contributed by atoms with Gasteiger partial charge >= 0.3 is 5.97 Å². The predicted molar refractivity (Wildman–Crippen MR) is 103 cm³/mol. The number of aliphatic imine (C=N–C) groups is 1. The molecule has 7 heteroatoms. The number of esters is 1. The highest BCUT2D eigenvalue weighted by atomic mass is 79.9. The molecule has 1 atom stereocenters. The molecule has 0 aliphatic rings. The van der Waals surface area contributed by atoms with Gasteiger partial charge in [-0.1, -0.05) is 34.6 Å². The second-order valence-corrected chi connectivity index (χ2v) is 7.20. The summed E-state index contributed by atoms with van der Waals surface area (Å²) in [6.45, 7) is 6.14. The monoisotopic (exact) mass is 412 g/mol. The van der Waals surface area contributed by atoms with Crippen molar-refractivity contribution in [2.24, 2.45) is 10.7 Å². The summed E-state index contributed by atoms with van der Waals surface area (Å²) in [5.74, 6) is 0.259. The third kappa shape index (κ3) is 4.54.